The minimum absolute atomic E-state index is 0.0983. The molecule has 1 amide bonds. The second-order valence-corrected chi connectivity index (χ2v) is 15.7. The van der Waals surface area contributed by atoms with Crippen molar-refractivity contribution in [2.45, 2.75) is 65.8 Å². The van der Waals surface area contributed by atoms with Gasteiger partial charge in [0, 0.05) is 18.5 Å². The predicted octanol–water partition coefficient (Wildman–Crippen LogP) is 5.16. The molecule has 0 N–H and O–H groups in total. The lowest BCUT2D eigenvalue weighted by atomic mass is 9.76. The second kappa shape index (κ2) is 10.1. The topological polar surface area (TPSA) is 88.6 Å². The van der Waals surface area contributed by atoms with Crippen molar-refractivity contribution in [2.75, 3.05) is 18.1 Å². The molecule has 6 nitrogen and oxygen atoms in total. The van der Waals surface area contributed by atoms with Gasteiger partial charge in [0.15, 0.2) is 19.7 Å². The number of likely N-dealkylation sites (tertiary alicyclic amines) is 1. The van der Waals surface area contributed by atoms with Crippen LogP contribution in [0.4, 0.5) is 35.1 Å². The molecular weight excluding hydrogens is 634 g/mol. The highest BCUT2D eigenvalue weighted by Gasteiger charge is 2.74. The lowest BCUT2D eigenvalue weighted by Gasteiger charge is -2.43. The Labute approximate surface area is 241 Å². The zero-order valence-electron chi connectivity index (χ0n) is 22.2. The van der Waals surface area contributed by atoms with E-state index in [-0.39, 0.29) is 67.3 Å². The first-order chi connectivity index (χ1) is 19.7. The van der Waals surface area contributed by atoms with Crippen LogP contribution in [-0.2, 0) is 41.3 Å². The van der Waals surface area contributed by atoms with Gasteiger partial charge in [-0.15, -0.1) is 0 Å². The van der Waals surface area contributed by atoms with E-state index in [4.69, 9.17) is 0 Å². The molecular formula is C27H25F8NO5S2. The molecule has 2 aliphatic heterocycles. The summed E-state index contributed by atoms with van der Waals surface area (Å²) in [6.07, 6.45) is -13.5. The molecule has 0 radical (unpaired) electrons. The van der Waals surface area contributed by atoms with Crippen LogP contribution in [0.1, 0.15) is 42.4 Å². The molecule has 0 saturated carbocycles. The Morgan fingerprint density at radius 2 is 1.58 bits per heavy atom. The largest absolute Gasteiger partial charge is 0.435 e. The van der Waals surface area contributed by atoms with Gasteiger partial charge in [-0.3, -0.25) is 4.79 Å². The average molecular weight is 660 g/mol. The SMILES string of the molecule is O=C(CC1CCS(=O)(=O)C1)N1CC[C@@]2(S(=O)(=O)c3ccc(F)cc3)c3ccc(C(F)(C(F)(F)F)C(F)(F)F)cc3CC[C@@H]12. The Hall–Kier alpha value is -2.75. The number of carbonyl (C=O) groups excluding carboxylic acids is 1. The van der Waals surface area contributed by atoms with Crippen LogP contribution in [0.2, 0.25) is 0 Å². The summed E-state index contributed by atoms with van der Waals surface area (Å²) in [5, 5.41) is 0. The summed E-state index contributed by atoms with van der Waals surface area (Å²) in [7, 11) is -7.93. The number of nitrogens with zero attached hydrogens (tertiary/aromatic N) is 1. The maximum Gasteiger partial charge on any atom is 0.435 e. The number of hydrogen-bond donors (Lipinski definition) is 0. The van der Waals surface area contributed by atoms with Crippen molar-refractivity contribution in [3.63, 3.8) is 0 Å². The fraction of sp³-hybridized carbons (Fsp3) is 0.519. The predicted molar refractivity (Wildman–Crippen MR) is 136 cm³/mol. The Morgan fingerprint density at radius 1 is 0.953 bits per heavy atom. The van der Waals surface area contributed by atoms with E-state index >= 15 is 0 Å². The van der Waals surface area contributed by atoms with E-state index in [2.05, 4.69) is 0 Å². The van der Waals surface area contributed by atoms with Crippen molar-refractivity contribution < 1.29 is 56.8 Å². The first-order valence-electron chi connectivity index (χ1n) is 13.2. The number of fused-ring (bicyclic) bond motifs is 3. The summed E-state index contributed by atoms with van der Waals surface area (Å²) in [5.74, 6) is -2.12. The number of sulfone groups is 2. The molecule has 2 fully saturated rings. The van der Waals surface area contributed by atoms with Crippen LogP contribution in [-0.4, -0.2) is 64.1 Å². The van der Waals surface area contributed by atoms with E-state index in [1.165, 1.54) is 4.90 Å². The van der Waals surface area contributed by atoms with Crippen LogP contribution in [0, 0.1) is 11.7 Å². The Morgan fingerprint density at radius 3 is 2.14 bits per heavy atom. The highest BCUT2D eigenvalue weighted by molar-refractivity contribution is 7.92. The van der Waals surface area contributed by atoms with Crippen molar-refractivity contribution >= 4 is 25.6 Å². The smallest absolute Gasteiger partial charge is 0.338 e. The van der Waals surface area contributed by atoms with E-state index in [9.17, 15) is 56.8 Å². The Balaban J connectivity index is 1.63. The maximum absolute atomic E-state index is 14.9. The highest BCUT2D eigenvalue weighted by Crippen LogP contribution is 2.56. The number of benzene rings is 2. The number of halogens is 8. The molecule has 0 spiro atoms. The quantitative estimate of drug-likeness (QED) is 0.327. The molecule has 1 aliphatic carbocycles. The summed E-state index contributed by atoms with van der Waals surface area (Å²) >= 11 is 0. The molecule has 1 unspecified atom stereocenters. The van der Waals surface area contributed by atoms with Gasteiger partial charge in [-0.1, -0.05) is 18.2 Å². The molecule has 16 heteroatoms. The molecule has 3 atom stereocenters. The Kier molecular flexibility index (Phi) is 7.47. The van der Waals surface area contributed by atoms with Crippen LogP contribution in [0.25, 0.3) is 0 Å². The number of aryl methyl sites for hydroxylation is 1. The summed E-state index contributed by atoms with van der Waals surface area (Å²) in [6.45, 7) is -0.164. The van der Waals surface area contributed by atoms with Gasteiger partial charge in [-0.2, -0.15) is 26.3 Å². The molecule has 0 aromatic heterocycles. The zero-order valence-corrected chi connectivity index (χ0v) is 23.8. The third-order valence-corrected chi connectivity index (χ3v) is 13.2. The normalized spacial score (nSPS) is 25.8. The molecule has 5 rings (SSSR count). The van der Waals surface area contributed by atoms with E-state index in [1.807, 2.05) is 0 Å². The van der Waals surface area contributed by atoms with Gasteiger partial charge in [0.2, 0.25) is 5.91 Å². The van der Waals surface area contributed by atoms with Crippen molar-refractivity contribution in [1.82, 2.24) is 4.90 Å². The van der Waals surface area contributed by atoms with Crippen LogP contribution >= 0.6 is 0 Å². The minimum atomic E-state index is -6.38. The monoisotopic (exact) mass is 659 g/mol. The third-order valence-electron chi connectivity index (χ3n) is 8.78. The number of rotatable bonds is 5. The summed E-state index contributed by atoms with van der Waals surface area (Å²) < 4.78 is 160. The molecule has 2 aromatic rings. The highest BCUT2D eigenvalue weighted by atomic mass is 32.2. The minimum Gasteiger partial charge on any atom is -0.338 e. The van der Waals surface area contributed by atoms with E-state index in [0.717, 1.165) is 30.3 Å². The van der Waals surface area contributed by atoms with Gasteiger partial charge >= 0.3 is 18.0 Å². The van der Waals surface area contributed by atoms with Gasteiger partial charge in [0.25, 0.3) is 0 Å². The van der Waals surface area contributed by atoms with Crippen molar-refractivity contribution in [1.29, 1.82) is 0 Å². The first kappa shape index (κ1) is 31.7. The summed E-state index contributed by atoms with van der Waals surface area (Å²) in [6, 6.07) is 3.91. The first-order valence-corrected chi connectivity index (χ1v) is 16.5. The van der Waals surface area contributed by atoms with Gasteiger partial charge < -0.3 is 4.90 Å². The lowest BCUT2D eigenvalue weighted by molar-refractivity contribution is -0.348. The van der Waals surface area contributed by atoms with Gasteiger partial charge in [-0.05, 0) is 67.0 Å². The molecule has 2 aromatic carbocycles. The molecule has 43 heavy (non-hydrogen) atoms. The van der Waals surface area contributed by atoms with Crippen LogP contribution in [0.5, 0.6) is 0 Å². The van der Waals surface area contributed by atoms with E-state index < -0.39 is 76.6 Å². The fourth-order valence-electron chi connectivity index (χ4n) is 6.75. The average Bonchev–Trinajstić information content (AvgIpc) is 3.47. The lowest BCUT2D eigenvalue weighted by Crippen LogP contribution is -2.53. The maximum atomic E-state index is 14.9. The van der Waals surface area contributed by atoms with Gasteiger partial charge in [0.1, 0.15) is 10.6 Å². The van der Waals surface area contributed by atoms with Crippen LogP contribution < -0.4 is 0 Å². The second-order valence-electron chi connectivity index (χ2n) is 11.2. The summed E-state index contributed by atoms with van der Waals surface area (Å²) in [5.41, 5.74) is -7.92. The molecule has 2 saturated heterocycles. The van der Waals surface area contributed by atoms with Gasteiger partial charge in [0.05, 0.1) is 22.4 Å². The zero-order chi connectivity index (χ0) is 31.8. The number of amides is 1. The molecule has 236 valence electrons. The van der Waals surface area contributed by atoms with E-state index in [0.29, 0.717) is 6.07 Å². The van der Waals surface area contributed by atoms with Gasteiger partial charge in [-0.25, -0.2) is 25.6 Å². The molecule has 3 aliphatic rings. The van der Waals surface area contributed by atoms with E-state index in [1.54, 1.807) is 0 Å². The number of carbonyl (C=O) groups is 1. The fourth-order valence-corrected chi connectivity index (χ4v) is 11.0. The van der Waals surface area contributed by atoms with Crippen molar-refractivity contribution in [2.24, 2.45) is 5.92 Å². The molecule has 2 heterocycles. The van der Waals surface area contributed by atoms with Crippen LogP contribution in [0.3, 0.4) is 0 Å². The molecule has 0 bridgehead atoms. The van der Waals surface area contributed by atoms with Crippen molar-refractivity contribution in [3.05, 3.63) is 65.0 Å². The standard InChI is InChI=1S/C27H25F8NO5S2/c28-19-3-5-20(6-4-19)43(40,41)24-10-11-36(23(37)13-16-9-12-42(38,39)15-16)22(24)8-1-17-14-18(2-7-21(17)24)25(29,26(30,31)32)27(33,34)35/h2-7,14,16,22H,1,8-13,15H2/t16?,22-,24-/m1/s1. The van der Waals surface area contributed by atoms with Crippen LogP contribution in [0.15, 0.2) is 47.4 Å². The third kappa shape index (κ3) is 4.92. The number of alkyl halides is 7. The Bertz CT molecular complexity index is 1640. The number of hydrogen-bond acceptors (Lipinski definition) is 5. The summed E-state index contributed by atoms with van der Waals surface area (Å²) in [4.78, 5) is 14.3. The van der Waals surface area contributed by atoms with Crippen molar-refractivity contribution in [3.8, 4) is 0 Å².